The van der Waals surface area contributed by atoms with Crippen molar-refractivity contribution in [3.05, 3.63) is 65.4 Å². The molecule has 0 spiro atoms. The van der Waals surface area contributed by atoms with Crippen molar-refractivity contribution in [3.63, 3.8) is 0 Å². The van der Waals surface area contributed by atoms with Crippen LogP contribution in [-0.4, -0.2) is 85.4 Å². The van der Waals surface area contributed by atoms with Crippen molar-refractivity contribution in [2.75, 3.05) is 4.90 Å². The van der Waals surface area contributed by atoms with Crippen molar-refractivity contribution in [2.45, 2.75) is 116 Å². The minimum atomic E-state index is -1.41. The number of carbonyl (C=O) groups is 5. The van der Waals surface area contributed by atoms with Crippen LogP contribution in [0.1, 0.15) is 85.4 Å². The van der Waals surface area contributed by atoms with E-state index in [0.29, 0.717) is 33.3 Å². The Morgan fingerprint density at radius 1 is 0.843 bits per heavy atom. The molecule has 274 valence electrons. The van der Waals surface area contributed by atoms with Gasteiger partial charge in [-0.15, -0.1) is 0 Å². The number of rotatable bonds is 6. The maximum Gasteiger partial charge on any atom is 0.416 e. The number of carboxylic acids is 2. The van der Waals surface area contributed by atoms with Crippen LogP contribution in [0.2, 0.25) is 0 Å². The molecule has 14 nitrogen and oxygen atoms in total. The molecule has 3 heterocycles. The second-order valence-electron chi connectivity index (χ2n) is 15.9. The summed E-state index contributed by atoms with van der Waals surface area (Å²) in [4.78, 5) is 71.8. The molecule has 5 rings (SSSR count). The first-order valence-electron chi connectivity index (χ1n) is 16.7. The molecule has 51 heavy (non-hydrogen) atoms. The second kappa shape index (κ2) is 12.8. The van der Waals surface area contributed by atoms with Crippen molar-refractivity contribution in [2.24, 2.45) is 0 Å². The number of para-hydroxylation sites is 2. The van der Waals surface area contributed by atoms with Gasteiger partial charge >= 0.3 is 30.2 Å². The third-order valence-corrected chi connectivity index (χ3v) is 8.62. The molecule has 2 aliphatic rings. The van der Waals surface area contributed by atoms with Crippen molar-refractivity contribution in [1.29, 1.82) is 0 Å². The van der Waals surface area contributed by atoms with Gasteiger partial charge in [-0.3, -0.25) is 9.80 Å². The highest BCUT2D eigenvalue weighted by Gasteiger charge is 2.67. The fourth-order valence-corrected chi connectivity index (χ4v) is 6.98. The molecule has 4 N–H and O–H groups in total. The minimum Gasteiger partial charge on any atom is -0.480 e. The van der Waals surface area contributed by atoms with E-state index in [2.05, 4.69) is 10.3 Å². The van der Waals surface area contributed by atoms with E-state index >= 15 is 0 Å². The van der Waals surface area contributed by atoms with Gasteiger partial charge in [0.25, 0.3) is 0 Å². The van der Waals surface area contributed by atoms with Crippen LogP contribution in [0.5, 0.6) is 0 Å². The monoisotopic (exact) mass is 706 g/mol. The zero-order valence-corrected chi connectivity index (χ0v) is 30.3. The number of benzene rings is 2. The first-order valence-corrected chi connectivity index (χ1v) is 16.7. The van der Waals surface area contributed by atoms with E-state index in [-0.39, 0.29) is 12.8 Å². The standard InChI is InChI=1S/C37H46N4O10/c1-34(2,3)49-31(46)39-24(28(42)43)17-20-19-38-27-21(20)13-12-15-23(27)37-18-26(29(44)45)41(33(48)51-36(7,8)9)30(37)40(32(47)50-35(4,5)6)25-16-11-10-14-22(25)37/h10-16,19,24,26,30,38H,17-18H2,1-9H3,(H,39,46)(H,42,43)(H,44,45)/t24-,26-,30+,37+/m0/s1. The van der Waals surface area contributed by atoms with Crippen LogP contribution in [0.4, 0.5) is 20.1 Å². The van der Waals surface area contributed by atoms with E-state index in [1.165, 1.54) is 4.90 Å². The summed E-state index contributed by atoms with van der Waals surface area (Å²) in [6.45, 7) is 15.2. The number of aliphatic carboxylic acids is 2. The van der Waals surface area contributed by atoms with Gasteiger partial charge in [0.1, 0.15) is 35.1 Å². The number of amides is 3. The predicted molar refractivity (Wildman–Crippen MR) is 187 cm³/mol. The van der Waals surface area contributed by atoms with E-state index in [0.717, 1.165) is 4.90 Å². The van der Waals surface area contributed by atoms with E-state index < -0.39 is 70.7 Å². The molecule has 0 radical (unpaired) electrons. The molecule has 1 saturated heterocycles. The number of alkyl carbamates (subject to hydrolysis) is 1. The third kappa shape index (κ3) is 7.17. The molecule has 2 aromatic carbocycles. The fourth-order valence-electron chi connectivity index (χ4n) is 6.98. The van der Waals surface area contributed by atoms with Crippen LogP contribution in [0, 0.1) is 0 Å². The van der Waals surface area contributed by atoms with E-state index in [9.17, 15) is 34.2 Å². The van der Waals surface area contributed by atoms with Gasteiger partial charge in [0, 0.05) is 23.5 Å². The number of anilines is 1. The Morgan fingerprint density at radius 3 is 2.02 bits per heavy atom. The topological polar surface area (TPSA) is 188 Å². The number of aromatic amines is 1. The molecule has 0 saturated carbocycles. The van der Waals surface area contributed by atoms with Crippen LogP contribution in [0.25, 0.3) is 10.9 Å². The number of hydrogen-bond acceptors (Lipinski definition) is 8. The Balaban J connectivity index is 1.71. The number of likely N-dealkylation sites (tertiary alicyclic amines) is 1. The highest BCUT2D eigenvalue weighted by Crippen LogP contribution is 2.59. The number of carboxylic acid groups (broad SMARTS) is 2. The quantitative estimate of drug-likeness (QED) is 0.217. The predicted octanol–water partition coefficient (Wildman–Crippen LogP) is 6.15. The molecule has 2 aliphatic heterocycles. The summed E-state index contributed by atoms with van der Waals surface area (Å²) in [6, 6.07) is 9.64. The number of hydrogen-bond donors (Lipinski definition) is 4. The molecular weight excluding hydrogens is 660 g/mol. The number of nitrogens with one attached hydrogen (secondary N) is 2. The third-order valence-electron chi connectivity index (χ3n) is 8.62. The molecule has 0 unspecified atom stereocenters. The summed E-state index contributed by atoms with van der Waals surface area (Å²) in [5.41, 5.74) is -1.40. The second-order valence-corrected chi connectivity index (χ2v) is 15.9. The lowest BCUT2D eigenvalue weighted by atomic mass is 9.71. The van der Waals surface area contributed by atoms with Gasteiger partial charge in [-0.05, 0) is 91.5 Å². The molecule has 0 aliphatic carbocycles. The summed E-state index contributed by atoms with van der Waals surface area (Å²) in [6.07, 6.45) is -2.43. The summed E-state index contributed by atoms with van der Waals surface area (Å²) in [5.74, 6) is -2.55. The van der Waals surface area contributed by atoms with Crippen molar-refractivity contribution >= 4 is 46.8 Å². The van der Waals surface area contributed by atoms with Gasteiger partial charge in [-0.1, -0.05) is 36.4 Å². The Hall–Kier alpha value is -5.27. The van der Waals surface area contributed by atoms with Gasteiger partial charge in [0.2, 0.25) is 0 Å². The van der Waals surface area contributed by atoms with Crippen molar-refractivity contribution in [1.82, 2.24) is 15.2 Å². The van der Waals surface area contributed by atoms with Gasteiger partial charge in [0.05, 0.1) is 11.1 Å². The lowest BCUT2D eigenvalue weighted by Crippen LogP contribution is -2.58. The first kappa shape index (κ1) is 37.0. The lowest BCUT2D eigenvalue weighted by molar-refractivity contribution is -0.142. The summed E-state index contributed by atoms with van der Waals surface area (Å²) >= 11 is 0. The molecule has 14 heteroatoms. The van der Waals surface area contributed by atoms with E-state index in [4.69, 9.17) is 14.2 Å². The average Bonchev–Trinajstić information content (AvgIpc) is 3.62. The Kier molecular flexibility index (Phi) is 9.29. The van der Waals surface area contributed by atoms with E-state index in [1.54, 1.807) is 111 Å². The maximum atomic E-state index is 14.2. The molecule has 3 amide bonds. The first-order chi connectivity index (χ1) is 23.5. The van der Waals surface area contributed by atoms with Gasteiger partial charge < -0.3 is 34.7 Å². The smallest absolute Gasteiger partial charge is 0.416 e. The van der Waals surface area contributed by atoms with E-state index in [1.807, 2.05) is 0 Å². The summed E-state index contributed by atoms with van der Waals surface area (Å²) in [5, 5.41) is 23.7. The molecule has 4 atom stereocenters. The Labute approximate surface area is 296 Å². The zero-order chi connectivity index (χ0) is 37.8. The number of H-pyrrole nitrogens is 1. The van der Waals surface area contributed by atoms with Crippen LogP contribution in [-0.2, 0) is 35.6 Å². The highest BCUT2D eigenvalue weighted by atomic mass is 16.6. The van der Waals surface area contributed by atoms with Crippen molar-refractivity contribution in [3.8, 4) is 0 Å². The SMILES string of the molecule is CC(C)(C)OC(=O)N[C@@H](Cc1c[nH]c2c([C@]34C[C@@H](C(=O)O)N(C(=O)OC(C)(C)C)[C@H]3N(C(=O)OC(C)(C)C)c3ccccc34)cccc12)C(=O)O. The average molecular weight is 707 g/mol. The van der Waals surface area contributed by atoms with Gasteiger partial charge in [-0.25, -0.2) is 24.0 Å². The lowest BCUT2D eigenvalue weighted by Gasteiger charge is -2.38. The molecule has 1 aromatic heterocycles. The number of ether oxygens (including phenoxy) is 3. The number of carbonyl (C=O) groups excluding carboxylic acids is 3. The molecule has 3 aromatic rings. The van der Waals surface area contributed by atoms with Crippen LogP contribution < -0.4 is 10.2 Å². The minimum absolute atomic E-state index is 0.114. The Bertz CT molecular complexity index is 1880. The summed E-state index contributed by atoms with van der Waals surface area (Å²) in [7, 11) is 0. The normalized spacial score (nSPS) is 20.7. The molecular formula is C37H46N4O10. The van der Waals surface area contributed by atoms with Crippen LogP contribution >= 0.6 is 0 Å². The zero-order valence-electron chi connectivity index (χ0n) is 30.3. The largest absolute Gasteiger partial charge is 0.480 e. The van der Waals surface area contributed by atoms with Crippen LogP contribution in [0.15, 0.2) is 48.7 Å². The molecule has 0 bridgehead atoms. The number of fused-ring (bicyclic) bond motifs is 4. The maximum absolute atomic E-state index is 14.2. The van der Waals surface area contributed by atoms with Crippen molar-refractivity contribution < 1.29 is 48.4 Å². The number of aromatic nitrogens is 1. The summed E-state index contributed by atoms with van der Waals surface area (Å²) < 4.78 is 16.9. The van der Waals surface area contributed by atoms with Gasteiger partial charge in [-0.2, -0.15) is 0 Å². The highest BCUT2D eigenvalue weighted by molar-refractivity contribution is 5.98. The van der Waals surface area contributed by atoms with Gasteiger partial charge in [0.15, 0.2) is 0 Å². The fraction of sp³-hybridized carbons (Fsp3) is 0.486. The number of nitrogens with zero attached hydrogens (tertiary/aromatic N) is 2. The Morgan fingerprint density at radius 2 is 1.43 bits per heavy atom. The van der Waals surface area contributed by atoms with Crippen LogP contribution in [0.3, 0.4) is 0 Å². The molecule has 1 fully saturated rings.